The first-order valence-corrected chi connectivity index (χ1v) is 8.09. The SMILES string of the molecule is Cc1nnc(CC(=O)C(C)Sc2nc3[n-]ncc3c(=O)[nH]2)s1.[Y]. The number of aryl methyl sites for hydroxylation is 1. The minimum Gasteiger partial charge on any atom is -0.414 e. The van der Waals surface area contributed by atoms with Crippen molar-refractivity contribution in [2.45, 2.75) is 30.7 Å². The fourth-order valence-electron chi connectivity index (χ4n) is 1.77. The van der Waals surface area contributed by atoms with Gasteiger partial charge in [0.05, 0.1) is 22.2 Å². The molecule has 1 atom stereocenters. The summed E-state index contributed by atoms with van der Waals surface area (Å²) in [7, 11) is 0. The van der Waals surface area contributed by atoms with Gasteiger partial charge in [-0.25, -0.2) is 0 Å². The molecule has 1 N–H and O–H groups in total. The zero-order chi connectivity index (χ0) is 15.7. The van der Waals surface area contributed by atoms with E-state index in [-0.39, 0.29) is 61.4 Å². The van der Waals surface area contributed by atoms with Gasteiger partial charge in [-0.3, -0.25) is 14.7 Å². The smallest absolute Gasteiger partial charge is 0.257 e. The number of hydrogen-bond acceptors (Lipinski definition) is 8. The predicted octanol–water partition coefficient (Wildman–Crippen LogP) is 0.725. The van der Waals surface area contributed by atoms with Gasteiger partial charge in [-0.05, 0) is 19.5 Å². The minimum atomic E-state index is -0.368. The van der Waals surface area contributed by atoms with Crippen molar-refractivity contribution < 1.29 is 37.5 Å². The Morgan fingerprint density at radius 3 is 2.96 bits per heavy atom. The van der Waals surface area contributed by atoms with Crippen LogP contribution in [0.15, 0.2) is 16.1 Å². The molecule has 0 aliphatic rings. The van der Waals surface area contributed by atoms with E-state index in [9.17, 15) is 9.59 Å². The summed E-state index contributed by atoms with van der Waals surface area (Å²) in [4.78, 5) is 30.8. The van der Waals surface area contributed by atoms with Gasteiger partial charge in [-0.15, -0.1) is 33.3 Å². The molecule has 3 aromatic heterocycles. The average molecular weight is 424 g/mol. The van der Waals surface area contributed by atoms with Crippen LogP contribution >= 0.6 is 23.1 Å². The Bertz CT molecular complexity index is 889. The van der Waals surface area contributed by atoms with E-state index >= 15 is 0 Å². The van der Waals surface area contributed by atoms with Crippen LogP contribution in [-0.4, -0.2) is 36.3 Å². The number of Topliss-reactive ketones (excluding diaryl/α,β-unsaturated/α-hetero) is 1. The van der Waals surface area contributed by atoms with Crippen molar-refractivity contribution in [3.8, 4) is 0 Å². The van der Waals surface area contributed by atoms with Gasteiger partial charge < -0.3 is 15.1 Å². The number of rotatable bonds is 5. The van der Waals surface area contributed by atoms with Crippen molar-refractivity contribution in [1.82, 2.24) is 30.4 Å². The van der Waals surface area contributed by atoms with Gasteiger partial charge in [0.2, 0.25) is 0 Å². The second kappa shape index (κ2) is 7.74. The van der Waals surface area contributed by atoms with E-state index in [4.69, 9.17) is 0 Å². The Morgan fingerprint density at radius 2 is 2.26 bits per heavy atom. The summed E-state index contributed by atoms with van der Waals surface area (Å²) in [5.74, 6) is -0.00233. The Labute approximate surface area is 164 Å². The Hall–Kier alpha value is -0.966. The Morgan fingerprint density at radius 1 is 1.48 bits per heavy atom. The molecule has 0 bridgehead atoms. The van der Waals surface area contributed by atoms with E-state index in [1.165, 1.54) is 29.3 Å². The zero-order valence-electron chi connectivity index (χ0n) is 12.3. The molecule has 0 saturated heterocycles. The third-order valence-electron chi connectivity index (χ3n) is 2.89. The third-order valence-corrected chi connectivity index (χ3v) is 4.76. The first kappa shape index (κ1) is 18.4. The van der Waals surface area contributed by atoms with Crippen LogP contribution in [-0.2, 0) is 43.9 Å². The standard InChI is InChI=1S/C12H12N6O2S2.Y/c1-5(8(19)3-9-17-16-6(2)22-9)21-12-14-10-7(4-13-18-10)11(20)15-12;/h4-5H,3H2,1-2H3,(H2,13,14,15,18,20);/p-1. The van der Waals surface area contributed by atoms with Gasteiger partial charge in [0.25, 0.3) is 5.56 Å². The van der Waals surface area contributed by atoms with Crippen LogP contribution in [0.4, 0.5) is 0 Å². The van der Waals surface area contributed by atoms with Crippen molar-refractivity contribution in [2.75, 3.05) is 0 Å². The average Bonchev–Trinajstić information content (AvgIpc) is 3.08. The maximum Gasteiger partial charge on any atom is 0.257 e. The number of aromatic amines is 1. The summed E-state index contributed by atoms with van der Waals surface area (Å²) in [6.45, 7) is 3.61. The van der Waals surface area contributed by atoms with Crippen LogP contribution in [0.25, 0.3) is 11.0 Å². The third kappa shape index (κ3) is 4.31. The van der Waals surface area contributed by atoms with Gasteiger partial charge in [0, 0.05) is 38.9 Å². The number of ketones is 1. The van der Waals surface area contributed by atoms with Crippen molar-refractivity contribution in [2.24, 2.45) is 0 Å². The molecule has 117 valence electrons. The summed E-state index contributed by atoms with van der Waals surface area (Å²) in [5, 5.41) is 17.1. The molecule has 0 spiro atoms. The van der Waals surface area contributed by atoms with Gasteiger partial charge in [-0.2, -0.15) is 0 Å². The van der Waals surface area contributed by atoms with Crippen LogP contribution in [0, 0.1) is 6.92 Å². The fourth-order valence-corrected chi connectivity index (χ4v) is 3.33. The summed E-state index contributed by atoms with van der Waals surface area (Å²) >= 11 is 2.58. The second-order valence-corrected chi connectivity index (χ2v) is 7.17. The molecular weight excluding hydrogens is 413 g/mol. The molecule has 0 saturated carbocycles. The molecule has 23 heavy (non-hydrogen) atoms. The summed E-state index contributed by atoms with van der Waals surface area (Å²) in [5.41, 5.74) is -0.0254. The number of carbonyl (C=O) groups is 1. The number of thioether (sulfide) groups is 1. The number of carbonyl (C=O) groups excluding carboxylic acids is 1. The molecule has 1 radical (unpaired) electrons. The molecule has 0 fully saturated rings. The summed E-state index contributed by atoms with van der Waals surface area (Å²) in [6, 6.07) is 0. The van der Waals surface area contributed by atoms with E-state index in [2.05, 4.69) is 30.4 Å². The maximum absolute atomic E-state index is 12.2. The van der Waals surface area contributed by atoms with Crippen molar-refractivity contribution in [1.29, 1.82) is 0 Å². The van der Waals surface area contributed by atoms with Gasteiger partial charge in [-0.1, -0.05) is 0 Å². The van der Waals surface area contributed by atoms with Gasteiger partial charge in [0.15, 0.2) is 5.78 Å². The topological polar surface area (TPSA) is 116 Å². The normalized spacial score (nSPS) is 12.1. The molecule has 1 unspecified atom stereocenters. The molecule has 11 heteroatoms. The molecule has 0 amide bonds. The van der Waals surface area contributed by atoms with Crippen LogP contribution in [0.5, 0.6) is 0 Å². The molecule has 0 aliphatic carbocycles. The van der Waals surface area contributed by atoms with E-state index in [0.717, 1.165) is 5.01 Å². The molecule has 3 heterocycles. The Balaban J connectivity index is 0.00000192. The number of fused-ring (bicyclic) bond motifs is 1. The summed E-state index contributed by atoms with van der Waals surface area (Å²) < 4.78 is 0. The van der Waals surface area contributed by atoms with Gasteiger partial charge >= 0.3 is 0 Å². The van der Waals surface area contributed by atoms with Crippen LogP contribution in [0.2, 0.25) is 0 Å². The fraction of sp³-hybridized carbons (Fsp3) is 0.333. The van der Waals surface area contributed by atoms with Gasteiger partial charge in [0.1, 0.15) is 10.0 Å². The first-order valence-electron chi connectivity index (χ1n) is 6.39. The number of H-pyrrole nitrogens is 1. The van der Waals surface area contributed by atoms with Crippen LogP contribution in [0.1, 0.15) is 16.9 Å². The van der Waals surface area contributed by atoms with Crippen LogP contribution in [0.3, 0.4) is 0 Å². The van der Waals surface area contributed by atoms with E-state index < -0.39 is 0 Å². The van der Waals surface area contributed by atoms with Crippen LogP contribution < -0.4 is 10.7 Å². The Kier molecular flexibility index (Phi) is 6.18. The monoisotopic (exact) mass is 424 g/mol. The van der Waals surface area contributed by atoms with Crippen molar-refractivity contribution >= 4 is 39.9 Å². The van der Waals surface area contributed by atoms with E-state index in [1.807, 2.05) is 6.92 Å². The largest absolute Gasteiger partial charge is 0.414 e. The number of nitrogens with one attached hydrogen (secondary N) is 1. The molecule has 0 aromatic carbocycles. The molecular formula is C12H11N6O2S2Y-. The quantitative estimate of drug-likeness (QED) is 0.471. The van der Waals surface area contributed by atoms with E-state index in [0.29, 0.717) is 15.6 Å². The summed E-state index contributed by atoms with van der Waals surface area (Å²) in [6.07, 6.45) is 1.59. The first-order chi connectivity index (χ1) is 10.5. The van der Waals surface area contributed by atoms with Crippen molar-refractivity contribution in [3.05, 3.63) is 26.6 Å². The minimum absolute atomic E-state index is 0. The molecule has 0 aliphatic heterocycles. The molecule has 3 rings (SSSR count). The van der Waals surface area contributed by atoms with Crippen molar-refractivity contribution in [3.63, 3.8) is 0 Å². The number of hydrogen-bond donors (Lipinski definition) is 1. The maximum atomic E-state index is 12.2. The number of nitrogens with zero attached hydrogens (tertiary/aromatic N) is 5. The predicted molar refractivity (Wildman–Crippen MR) is 82.2 cm³/mol. The number of aromatic nitrogens is 6. The second-order valence-electron chi connectivity index (χ2n) is 4.57. The van der Waals surface area contributed by atoms with E-state index in [1.54, 1.807) is 6.92 Å². The molecule has 3 aromatic rings. The zero-order valence-corrected chi connectivity index (χ0v) is 16.8. The molecule has 8 nitrogen and oxygen atoms in total.